The molecule has 0 radical (unpaired) electrons. The Morgan fingerprint density at radius 1 is 1.05 bits per heavy atom. The monoisotopic (exact) mass is 541 g/mol. The van der Waals surface area contributed by atoms with Crippen molar-refractivity contribution in [1.82, 2.24) is 4.90 Å². The second-order valence-corrected chi connectivity index (χ2v) is 9.69. The highest BCUT2D eigenvalue weighted by atomic mass is 35.5. The van der Waals surface area contributed by atoms with Crippen LogP contribution in [0.25, 0.3) is 0 Å². The molecule has 37 heavy (non-hydrogen) atoms. The van der Waals surface area contributed by atoms with Crippen LogP contribution >= 0.6 is 23.8 Å². The van der Waals surface area contributed by atoms with Crippen LogP contribution < -0.4 is 19.7 Å². The molecule has 3 aromatic rings. The molecular formula is C28H29ClFN3O3S. The maximum absolute atomic E-state index is 13.2. The molecular weight excluding hydrogens is 513 g/mol. The molecule has 0 atom stereocenters. The number of anilines is 2. The number of halogens is 2. The molecule has 1 amide bonds. The molecule has 0 aromatic heterocycles. The van der Waals surface area contributed by atoms with Gasteiger partial charge in [-0.25, -0.2) is 4.39 Å². The van der Waals surface area contributed by atoms with E-state index in [1.54, 1.807) is 24.3 Å². The smallest absolute Gasteiger partial charge is 0.262 e. The molecule has 0 spiro atoms. The number of ether oxygens (including phenoxy) is 2. The van der Waals surface area contributed by atoms with Crippen LogP contribution in [0.2, 0.25) is 5.02 Å². The van der Waals surface area contributed by atoms with E-state index in [9.17, 15) is 9.18 Å². The van der Waals surface area contributed by atoms with Crippen molar-refractivity contribution in [2.75, 3.05) is 50.1 Å². The SMILES string of the molecule is COc1cc(C(=S)N2CCN(c3ccc(F)cc3)CC2)cc(Cl)c1OCC(=O)Nc1ccc(C)cc1C. The standard InChI is InChI=1S/C28H29ClFN3O3S/c1-18-4-9-24(19(2)14-18)31-26(34)17-36-27-23(29)15-20(16-25(27)35-3)28(37)33-12-10-32(11-13-33)22-7-5-21(30)6-8-22/h4-9,14-16H,10-13,17H2,1-3H3,(H,31,34). The first-order chi connectivity index (χ1) is 17.7. The Bertz CT molecular complexity index is 1290. The van der Waals surface area contributed by atoms with E-state index in [0.29, 0.717) is 28.9 Å². The van der Waals surface area contributed by atoms with Crippen LogP contribution in [0.1, 0.15) is 16.7 Å². The highest BCUT2D eigenvalue weighted by Gasteiger charge is 2.22. The molecule has 9 heteroatoms. The summed E-state index contributed by atoms with van der Waals surface area (Å²) in [6.07, 6.45) is 0. The van der Waals surface area contributed by atoms with Gasteiger partial charge in [-0.3, -0.25) is 4.79 Å². The van der Waals surface area contributed by atoms with Crippen LogP contribution in [0.15, 0.2) is 54.6 Å². The number of piperazine rings is 1. The fourth-order valence-corrected chi connectivity index (χ4v) is 4.83. The zero-order valence-corrected chi connectivity index (χ0v) is 22.6. The Labute approximate surface area is 226 Å². The fourth-order valence-electron chi connectivity index (χ4n) is 4.26. The van der Waals surface area contributed by atoms with Crippen LogP contribution in [-0.2, 0) is 4.79 Å². The van der Waals surface area contributed by atoms with Crippen LogP contribution in [0.5, 0.6) is 11.5 Å². The van der Waals surface area contributed by atoms with Gasteiger partial charge in [0.05, 0.1) is 12.1 Å². The highest BCUT2D eigenvalue weighted by molar-refractivity contribution is 7.80. The number of thiocarbonyl (C=S) groups is 1. The first-order valence-electron chi connectivity index (χ1n) is 11.9. The van der Waals surface area contributed by atoms with E-state index < -0.39 is 0 Å². The van der Waals surface area contributed by atoms with Gasteiger partial charge in [-0.05, 0) is 61.9 Å². The third kappa shape index (κ3) is 6.50. The molecule has 4 rings (SSSR count). The van der Waals surface area contributed by atoms with Gasteiger partial charge in [-0.2, -0.15) is 0 Å². The molecule has 1 aliphatic rings. The van der Waals surface area contributed by atoms with E-state index in [0.717, 1.165) is 41.2 Å². The zero-order chi connectivity index (χ0) is 26.5. The van der Waals surface area contributed by atoms with Gasteiger partial charge in [0.15, 0.2) is 18.1 Å². The molecule has 1 heterocycles. The van der Waals surface area contributed by atoms with Crippen LogP contribution in [0.3, 0.4) is 0 Å². The minimum atomic E-state index is -0.302. The number of nitrogens with one attached hydrogen (secondary N) is 1. The number of carbonyl (C=O) groups excluding carboxylic acids is 1. The number of hydrogen-bond acceptors (Lipinski definition) is 5. The number of hydrogen-bond donors (Lipinski definition) is 1. The Balaban J connectivity index is 1.38. The first kappa shape index (κ1) is 26.7. The summed E-state index contributed by atoms with van der Waals surface area (Å²) in [6, 6.07) is 15.8. The average Bonchev–Trinajstić information content (AvgIpc) is 2.89. The van der Waals surface area contributed by atoms with Gasteiger partial charge in [0.25, 0.3) is 5.91 Å². The summed E-state index contributed by atoms with van der Waals surface area (Å²) in [6.45, 7) is 6.66. The number of rotatable bonds is 7. The molecule has 3 aromatic carbocycles. The zero-order valence-electron chi connectivity index (χ0n) is 21.0. The number of amides is 1. The van der Waals surface area contributed by atoms with E-state index in [1.165, 1.54) is 19.2 Å². The van der Waals surface area contributed by atoms with E-state index >= 15 is 0 Å². The summed E-state index contributed by atoms with van der Waals surface area (Å²) in [5.41, 5.74) is 4.55. The Kier molecular flexibility index (Phi) is 8.51. The van der Waals surface area contributed by atoms with Crippen molar-refractivity contribution in [3.63, 3.8) is 0 Å². The fraction of sp³-hybridized carbons (Fsp3) is 0.286. The average molecular weight is 542 g/mol. The third-order valence-electron chi connectivity index (χ3n) is 6.24. The quantitative estimate of drug-likeness (QED) is 0.392. The first-order valence-corrected chi connectivity index (χ1v) is 12.7. The lowest BCUT2D eigenvalue weighted by Crippen LogP contribution is -2.48. The van der Waals surface area contributed by atoms with Gasteiger partial charge < -0.3 is 24.6 Å². The van der Waals surface area contributed by atoms with Gasteiger partial charge in [0.1, 0.15) is 10.8 Å². The summed E-state index contributed by atoms with van der Waals surface area (Å²) in [4.78, 5) is 17.5. The Morgan fingerprint density at radius 2 is 1.76 bits per heavy atom. The topological polar surface area (TPSA) is 54.0 Å². The van der Waals surface area contributed by atoms with Gasteiger partial charge in [0.2, 0.25) is 0 Å². The van der Waals surface area contributed by atoms with Crippen LogP contribution in [0, 0.1) is 19.7 Å². The molecule has 1 fully saturated rings. The van der Waals surface area contributed by atoms with Crippen molar-refractivity contribution in [2.24, 2.45) is 0 Å². The summed E-state index contributed by atoms with van der Waals surface area (Å²) in [5, 5.41) is 3.16. The van der Waals surface area contributed by atoms with Gasteiger partial charge in [-0.15, -0.1) is 0 Å². The lowest BCUT2D eigenvalue weighted by atomic mass is 10.1. The minimum absolute atomic E-state index is 0.224. The van der Waals surface area contributed by atoms with E-state index in [2.05, 4.69) is 15.1 Å². The normalized spacial score (nSPS) is 13.3. The van der Waals surface area contributed by atoms with Crippen molar-refractivity contribution in [2.45, 2.75) is 13.8 Å². The van der Waals surface area contributed by atoms with E-state index in [4.69, 9.17) is 33.3 Å². The molecule has 0 bridgehead atoms. The van der Waals surface area contributed by atoms with E-state index in [1.807, 2.05) is 32.0 Å². The van der Waals surface area contributed by atoms with Gasteiger partial charge in [-0.1, -0.05) is 41.5 Å². The van der Waals surface area contributed by atoms with Crippen LogP contribution in [0.4, 0.5) is 15.8 Å². The number of nitrogens with zero attached hydrogens (tertiary/aromatic N) is 2. The Morgan fingerprint density at radius 3 is 2.41 bits per heavy atom. The van der Waals surface area contributed by atoms with Crippen molar-refractivity contribution in [1.29, 1.82) is 0 Å². The van der Waals surface area contributed by atoms with Crippen molar-refractivity contribution >= 4 is 46.1 Å². The van der Waals surface area contributed by atoms with Crippen molar-refractivity contribution in [3.05, 3.63) is 82.1 Å². The molecule has 0 unspecified atom stereocenters. The maximum Gasteiger partial charge on any atom is 0.262 e. The Hall–Kier alpha value is -3.36. The molecule has 1 saturated heterocycles. The van der Waals surface area contributed by atoms with E-state index in [-0.39, 0.29) is 24.1 Å². The summed E-state index contributed by atoms with van der Waals surface area (Å²) in [5.74, 6) is 0.134. The molecule has 0 aliphatic carbocycles. The third-order valence-corrected chi connectivity index (χ3v) is 7.01. The van der Waals surface area contributed by atoms with Crippen molar-refractivity contribution in [3.8, 4) is 11.5 Å². The molecule has 1 aliphatic heterocycles. The summed E-state index contributed by atoms with van der Waals surface area (Å²) >= 11 is 12.3. The molecule has 194 valence electrons. The number of carbonyl (C=O) groups is 1. The summed E-state index contributed by atoms with van der Waals surface area (Å²) < 4.78 is 24.5. The number of methoxy groups -OCH3 is 1. The second kappa shape index (κ2) is 11.8. The predicted octanol–water partition coefficient (Wildman–Crippen LogP) is 5.62. The maximum atomic E-state index is 13.2. The van der Waals surface area contributed by atoms with Crippen molar-refractivity contribution < 1.29 is 18.7 Å². The minimum Gasteiger partial charge on any atom is -0.493 e. The largest absolute Gasteiger partial charge is 0.493 e. The lowest BCUT2D eigenvalue weighted by molar-refractivity contribution is -0.118. The summed E-state index contributed by atoms with van der Waals surface area (Å²) in [7, 11) is 1.52. The second-order valence-electron chi connectivity index (χ2n) is 8.90. The molecule has 6 nitrogen and oxygen atoms in total. The molecule has 0 saturated carbocycles. The predicted molar refractivity (Wildman–Crippen MR) is 150 cm³/mol. The van der Waals surface area contributed by atoms with Gasteiger partial charge >= 0.3 is 0 Å². The van der Waals surface area contributed by atoms with Crippen LogP contribution in [-0.4, -0.2) is 55.7 Å². The lowest BCUT2D eigenvalue weighted by Gasteiger charge is -2.37. The van der Waals surface area contributed by atoms with Gasteiger partial charge in [0, 0.05) is 43.1 Å². The highest BCUT2D eigenvalue weighted by Crippen LogP contribution is 2.37. The number of aryl methyl sites for hydroxylation is 2. The number of benzene rings is 3. The molecule has 1 N–H and O–H groups in total.